The highest BCUT2D eigenvalue weighted by atomic mass is 35.5. The molecule has 0 bridgehead atoms. The lowest BCUT2D eigenvalue weighted by Gasteiger charge is -2.13. The van der Waals surface area contributed by atoms with Gasteiger partial charge in [-0.15, -0.1) is 11.6 Å². The summed E-state index contributed by atoms with van der Waals surface area (Å²) in [4.78, 5) is 0. The molecule has 1 aromatic carbocycles. The maximum absolute atomic E-state index is 9.46. The molecule has 0 saturated carbocycles. The van der Waals surface area contributed by atoms with Gasteiger partial charge in [-0.2, -0.15) is 0 Å². The molecule has 1 N–H and O–H groups in total. The van der Waals surface area contributed by atoms with Gasteiger partial charge in [0.2, 0.25) is 0 Å². The van der Waals surface area contributed by atoms with E-state index < -0.39 is 0 Å². The third-order valence-electron chi connectivity index (χ3n) is 2.40. The van der Waals surface area contributed by atoms with Crippen molar-refractivity contribution >= 4 is 23.2 Å². The van der Waals surface area contributed by atoms with Gasteiger partial charge in [-0.3, -0.25) is 0 Å². The monoisotopic (exact) mass is 246 g/mol. The number of alkyl halides is 1. The number of aliphatic hydroxyl groups excluding tert-OH is 1. The van der Waals surface area contributed by atoms with E-state index >= 15 is 0 Å². The molecule has 0 heterocycles. The van der Waals surface area contributed by atoms with Gasteiger partial charge in [0.05, 0.1) is 6.10 Å². The fourth-order valence-electron chi connectivity index (χ4n) is 1.45. The number of halogens is 2. The van der Waals surface area contributed by atoms with Crippen molar-refractivity contribution in [2.24, 2.45) is 0 Å². The van der Waals surface area contributed by atoms with Gasteiger partial charge in [0.1, 0.15) is 0 Å². The summed E-state index contributed by atoms with van der Waals surface area (Å²) in [5.41, 5.74) is 1.04. The first-order valence-electron chi connectivity index (χ1n) is 5.19. The molecule has 0 aliphatic rings. The maximum Gasteiger partial charge on any atom is 0.0551 e. The van der Waals surface area contributed by atoms with E-state index in [1.807, 2.05) is 31.2 Å². The van der Waals surface area contributed by atoms with Crippen molar-refractivity contribution in [3.63, 3.8) is 0 Å². The molecule has 2 unspecified atom stereocenters. The van der Waals surface area contributed by atoms with Gasteiger partial charge in [0.15, 0.2) is 0 Å². The van der Waals surface area contributed by atoms with Crippen molar-refractivity contribution in [2.75, 3.05) is 0 Å². The van der Waals surface area contributed by atoms with Crippen LogP contribution in [0.1, 0.15) is 25.3 Å². The molecule has 3 heteroatoms. The van der Waals surface area contributed by atoms with E-state index in [9.17, 15) is 5.11 Å². The quantitative estimate of drug-likeness (QED) is 0.787. The molecule has 15 heavy (non-hydrogen) atoms. The normalized spacial score (nSPS) is 14.9. The molecule has 0 fully saturated rings. The highest BCUT2D eigenvalue weighted by Gasteiger charge is 2.12. The Morgan fingerprint density at radius 3 is 2.60 bits per heavy atom. The summed E-state index contributed by atoms with van der Waals surface area (Å²) in [7, 11) is 0. The molecule has 0 aliphatic heterocycles. The standard InChI is InChI=1S/C12H16Cl2O/c1-2-11(15)8-10(13)7-9-5-3-4-6-12(9)14/h3-6,10-11,15H,2,7-8H2,1H3. The molecule has 0 saturated heterocycles. The first kappa shape index (κ1) is 12.8. The molecule has 1 aromatic rings. The minimum atomic E-state index is -0.310. The Balaban J connectivity index is 2.51. The zero-order valence-corrected chi connectivity index (χ0v) is 10.3. The van der Waals surface area contributed by atoms with Gasteiger partial charge in [0.25, 0.3) is 0 Å². The highest BCUT2D eigenvalue weighted by molar-refractivity contribution is 6.31. The van der Waals surface area contributed by atoms with Crippen molar-refractivity contribution < 1.29 is 5.11 Å². The van der Waals surface area contributed by atoms with Crippen LogP contribution in [0.2, 0.25) is 5.02 Å². The molecular weight excluding hydrogens is 231 g/mol. The third kappa shape index (κ3) is 4.42. The van der Waals surface area contributed by atoms with Crippen LogP contribution < -0.4 is 0 Å². The second-order valence-corrected chi connectivity index (χ2v) is 4.72. The maximum atomic E-state index is 9.46. The Bertz CT molecular complexity index is 301. The average Bonchev–Trinajstić information content (AvgIpc) is 2.21. The lowest BCUT2D eigenvalue weighted by Crippen LogP contribution is -2.14. The van der Waals surface area contributed by atoms with Crippen molar-refractivity contribution in [1.29, 1.82) is 0 Å². The molecule has 1 rings (SSSR count). The van der Waals surface area contributed by atoms with E-state index in [0.717, 1.165) is 17.0 Å². The molecule has 0 spiro atoms. The Morgan fingerprint density at radius 1 is 1.33 bits per heavy atom. The van der Waals surface area contributed by atoms with E-state index in [4.69, 9.17) is 23.2 Å². The number of hydrogen-bond donors (Lipinski definition) is 1. The smallest absolute Gasteiger partial charge is 0.0551 e. The predicted octanol–water partition coefficient (Wildman–Crippen LogP) is 3.65. The Labute approximate surface area is 101 Å². The van der Waals surface area contributed by atoms with E-state index in [0.29, 0.717) is 12.8 Å². The van der Waals surface area contributed by atoms with Gasteiger partial charge >= 0.3 is 0 Å². The average molecular weight is 247 g/mol. The summed E-state index contributed by atoms with van der Waals surface area (Å²) in [6.45, 7) is 1.95. The number of hydrogen-bond acceptors (Lipinski definition) is 1. The fourth-order valence-corrected chi connectivity index (χ4v) is 2.03. The molecule has 0 radical (unpaired) electrons. The first-order chi connectivity index (χ1) is 7.13. The summed E-state index contributed by atoms with van der Waals surface area (Å²) < 4.78 is 0. The van der Waals surface area contributed by atoms with Crippen molar-refractivity contribution in [2.45, 2.75) is 37.7 Å². The van der Waals surface area contributed by atoms with E-state index in [2.05, 4.69) is 0 Å². The number of aliphatic hydroxyl groups is 1. The lowest BCUT2D eigenvalue weighted by atomic mass is 10.0. The van der Waals surface area contributed by atoms with Gasteiger partial charge in [-0.1, -0.05) is 36.7 Å². The van der Waals surface area contributed by atoms with Crippen LogP contribution in [-0.2, 0) is 6.42 Å². The molecular formula is C12H16Cl2O. The van der Waals surface area contributed by atoms with Crippen LogP contribution in [0, 0.1) is 0 Å². The van der Waals surface area contributed by atoms with Crippen LogP contribution in [0.15, 0.2) is 24.3 Å². The Morgan fingerprint density at radius 2 is 2.00 bits per heavy atom. The zero-order chi connectivity index (χ0) is 11.3. The fraction of sp³-hybridized carbons (Fsp3) is 0.500. The van der Waals surface area contributed by atoms with Crippen molar-refractivity contribution in [3.8, 4) is 0 Å². The highest BCUT2D eigenvalue weighted by Crippen LogP contribution is 2.20. The van der Waals surface area contributed by atoms with Crippen LogP contribution in [0.25, 0.3) is 0 Å². The molecule has 1 nitrogen and oxygen atoms in total. The minimum absolute atomic E-state index is 0.0557. The van der Waals surface area contributed by atoms with Gasteiger partial charge < -0.3 is 5.11 Å². The number of rotatable bonds is 5. The van der Waals surface area contributed by atoms with E-state index in [1.165, 1.54) is 0 Å². The SMILES string of the molecule is CCC(O)CC(Cl)Cc1ccccc1Cl. The first-order valence-corrected chi connectivity index (χ1v) is 6.00. The van der Waals surface area contributed by atoms with Gasteiger partial charge in [-0.05, 0) is 30.9 Å². The topological polar surface area (TPSA) is 20.2 Å². The van der Waals surface area contributed by atoms with Crippen LogP contribution in [0.5, 0.6) is 0 Å². The lowest BCUT2D eigenvalue weighted by molar-refractivity contribution is 0.159. The van der Waals surface area contributed by atoms with Gasteiger partial charge in [0, 0.05) is 10.4 Å². The number of benzene rings is 1. The second kappa shape index (κ2) is 6.37. The van der Waals surface area contributed by atoms with Crippen LogP contribution in [-0.4, -0.2) is 16.6 Å². The van der Waals surface area contributed by atoms with Crippen molar-refractivity contribution in [1.82, 2.24) is 0 Å². The minimum Gasteiger partial charge on any atom is -0.393 e. The third-order valence-corrected chi connectivity index (χ3v) is 3.10. The Kier molecular flexibility index (Phi) is 5.44. The Hall–Kier alpha value is -0.240. The molecule has 2 atom stereocenters. The van der Waals surface area contributed by atoms with Crippen LogP contribution in [0.4, 0.5) is 0 Å². The van der Waals surface area contributed by atoms with Gasteiger partial charge in [-0.25, -0.2) is 0 Å². The largest absolute Gasteiger partial charge is 0.393 e. The summed E-state index contributed by atoms with van der Waals surface area (Å²) in [6.07, 6.45) is 1.75. The summed E-state index contributed by atoms with van der Waals surface area (Å²) in [5, 5.41) is 10.1. The van der Waals surface area contributed by atoms with Crippen molar-refractivity contribution in [3.05, 3.63) is 34.9 Å². The molecule has 0 amide bonds. The van der Waals surface area contributed by atoms with Crippen LogP contribution >= 0.6 is 23.2 Å². The predicted molar refractivity (Wildman–Crippen MR) is 65.7 cm³/mol. The van der Waals surface area contributed by atoms with E-state index in [-0.39, 0.29) is 11.5 Å². The zero-order valence-electron chi connectivity index (χ0n) is 8.79. The van der Waals surface area contributed by atoms with Crippen LogP contribution in [0.3, 0.4) is 0 Å². The molecule has 0 aromatic heterocycles. The molecule has 0 aliphatic carbocycles. The summed E-state index contributed by atoms with van der Waals surface area (Å²) >= 11 is 12.2. The summed E-state index contributed by atoms with van der Waals surface area (Å²) in [5.74, 6) is 0. The second-order valence-electron chi connectivity index (χ2n) is 3.69. The van der Waals surface area contributed by atoms with E-state index in [1.54, 1.807) is 0 Å². The molecule has 84 valence electrons. The summed E-state index contributed by atoms with van der Waals surface area (Å²) in [6, 6.07) is 7.67.